The van der Waals surface area contributed by atoms with Gasteiger partial charge in [-0.3, -0.25) is 0 Å². The maximum Gasteiger partial charge on any atom is 0.335 e. The fraction of sp³-hybridized carbons (Fsp3) is 0.533. The lowest BCUT2D eigenvalue weighted by molar-refractivity contribution is 0.0695. The van der Waals surface area contributed by atoms with Crippen LogP contribution in [-0.4, -0.2) is 45.1 Å². The Balaban J connectivity index is 2.73. The third-order valence-corrected chi connectivity index (χ3v) is 2.82. The minimum absolute atomic E-state index is 0.0789. The minimum Gasteiger partial charge on any atom is -0.493 e. The van der Waals surface area contributed by atoms with Gasteiger partial charge >= 0.3 is 5.97 Å². The van der Waals surface area contributed by atoms with Crippen LogP contribution in [0, 0.1) is 0 Å². The molecule has 0 aromatic heterocycles. The van der Waals surface area contributed by atoms with Gasteiger partial charge in [-0.1, -0.05) is 13.3 Å². The number of unbranched alkanes of at least 4 members (excludes halogenated alkanes) is 1. The minimum atomic E-state index is -1.05. The standard InChI is InChI=1S/C15H22O6/c1-4-5-6-20-7-8-21-14-12(18-2)9-11(15(16)17)10-13(14)19-3/h9-10H,4-8H2,1-3H3,(H,16,17). The number of aromatic carboxylic acids is 1. The number of ether oxygens (including phenoxy) is 4. The van der Waals surface area contributed by atoms with Crippen LogP contribution in [0.4, 0.5) is 0 Å². The number of carbonyl (C=O) groups is 1. The fourth-order valence-corrected chi connectivity index (χ4v) is 1.70. The molecule has 6 nitrogen and oxygen atoms in total. The average Bonchev–Trinajstić information content (AvgIpc) is 2.49. The van der Waals surface area contributed by atoms with E-state index >= 15 is 0 Å². The van der Waals surface area contributed by atoms with E-state index in [2.05, 4.69) is 6.92 Å². The zero-order valence-electron chi connectivity index (χ0n) is 12.7. The molecule has 0 amide bonds. The van der Waals surface area contributed by atoms with Gasteiger partial charge in [0.15, 0.2) is 11.5 Å². The Labute approximate surface area is 124 Å². The van der Waals surface area contributed by atoms with Crippen molar-refractivity contribution in [3.05, 3.63) is 17.7 Å². The molecule has 1 N–H and O–H groups in total. The van der Waals surface area contributed by atoms with E-state index in [4.69, 9.17) is 24.1 Å². The van der Waals surface area contributed by atoms with Gasteiger partial charge in [-0.2, -0.15) is 0 Å². The first-order chi connectivity index (χ1) is 10.1. The zero-order valence-corrected chi connectivity index (χ0v) is 12.7. The molecule has 21 heavy (non-hydrogen) atoms. The fourth-order valence-electron chi connectivity index (χ4n) is 1.70. The Morgan fingerprint density at radius 1 is 1.10 bits per heavy atom. The Morgan fingerprint density at radius 2 is 1.71 bits per heavy atom. The molecule has 0 unspecified atom stereocenters. The summed E-state index contributed by atoms with van der Waals surface area (Å²) in [6.07, 6.45) is 2.10. The topological polar surface area (TPSA) is 74.2 Å². The smallest absolute Gasteiger partial charge is 0.335 e. The van der Waals surface area contributed by atoms with Crippen molar-refractivity contribution in [2.45, 2.75) is 19.8 Å². The highest BCUT2D eigenvalue weighted by molar-refractivity contribution is 5.89. The summed E-state index contributed by atoms with van der Waals surface area (Å²) in [6.45, 7) is 3.58. The second-order valence-electron chi connectivity index (χ2n) is 4.33. The van der Waals surface area contributed by atoms with Crippen LogP contribution in [0.15, 0.2) is 12.1 Å². The third-order valence-electron chi connectivity index (χ3n) is 2.82. The number of carboxylic acids is 1. The van der Waals surface area contributed by atoms with Crippen LogP contribution in [-0.2, 0) is 4.74 Å². The van der Waals surface area contributed by atoms with E-state index < -0.39 is 5.97 Å². The predicted octanol–water partition coefficient (Wildman–Crippen LogP) is 2.60. The molecule has 0 saturated carbocycles. The number of methoxy groups -OCH3 is 2. The van der Waals surface area contributed by atoms with Gasteiger partial charge in [-0.05, 0) is 18.6 Å². The average molecular weight is 298 g/mol. The summed E-state index contributed by atoms with van der Waals surface area (Å²) in [4.78, 5) is 11.0. The molecule has 0 aliphatic heterocycles. The molecule has 1 rings (SSSR count). The number of benzene rings is 1. The molecular formula is C15H22O6. The van der Waals surface area contributed by atoms with Gasteiger partial charge in [0.05, 0.1) is 26.4 Å². The molecule has 1 aromatic rings. The van der Waals surface area contributed by atoms with Crippen molar-refractivity contribution < 1.29 is 28.8 Å². The number of carboxylic acid groups (broad SMARTS) is 1. The first-order valence-corrected chi connectivity index (χ1v) is 6.83. The van der Waals surface area contributed by atoms with Gasteiger partial charge in [0.2, 0.25) is 5.75 Å². The molecule has 0 aliphatic rings. The van der Waals surface area contributed by atoms with E-state index in [-0.39, 0.29) is 5.56 Å². The maximum atomic E-state index is 11.0. The van der Waals surface area contributed by atoms with Crippen LogP contribution in [0.25, 0.3) is 0 Å². The van der Waals surface area contributed by atoms with Crippen molar-refractivity contribution in [2.75, 3.05) is 34.0 Å². The molecule has 0 fully saturated rings. The van der Waals surface area contributed by atoms with Gasteiger partial charge in [0.1, 0.15) is 6.61 Å². The Morgan fingerprint density at radius 3 is 2.19 bits per heavy atom. The predicted molar refractivity (Wildman–Crippen MR) is 77.7 cm³/mol. The van der Waals surface area contributed by atoms with E-state index in [1.54, 1.807) is 0 Å². The number of hydrogen-bond acceptors (Lipinski definition) is 5. The first kappa shape index (κ1) is 17.1. The van der Waals surface area contributed by atoms with Crippen molar-refractivity contribution in [2.24, 2.45) is 0 Å². The number of rotatable bonds is 10. The lowest BCUT2D eigenvalue weighted by atomic mass is 10.2. The van der Waals surface area contributed by atoms with Crippen LogP contribution < -0.4 is 14.2 Å². The van der Waals surface area contributed by atoms with Gasteiger partial charge in [-0.25, -0.2) is 4.79 Å². The summed E-state index contributed by atoms with van der Waals surface area (Å²) in [5.74, 6) is -0.0363. The third kappa shape index (κ3) is 5.15. The van der Waals surface area contributed by atoms with Gasteiger partial charge < -0.3 is 24.1 Å². The van der Waals surface area contributed by atoms with Gasteiger partial charge in [0.25, 0.3) is 0 Å². The summed E-state index contributed by atoms with van der Waals surface area (Å²) in [5, 5.41) is 9.04. The van der Waals surface area contributed by atoms with Crippen molar-refractivity contribution in [3.8, 4) is 17.2 Å². The molecule has 0 bridgehead atoms. The Kier molecular flexibility index (Phi) is 7.39. The summed E-state index contributed by atoms with van der Waals surface area (Å²) in [7, 11) is 2.90. The van der Waals surface area contributed by atoms with E-state index in [0.717, 1.165) is 12.8 Å². The molecule has 0 radical (unpaired) electrons. The molecule has 118 valence electrons. The van der Waals surface area contributed by atoms with Crippen molar-refractivity contribution >= 4 is 5.97 Å². The van der Waals surface area contributed by atoms with E-state index in [1.165, 1.54) is 26.4 Å². The summed E-state index contributed by atoms with van der Waals surface area (Å²) < 4.78 is 21.3. The molecule has 0 saturated heterocycles. The summed E-state index contributed by atoms with van der Waals surface area (Å²) >= 11 is 0. The highest BCUT2D eigenvalue weighted by atomic mass is 16.6. The van der Waals surface area contributed by atoms with Crippen molar-refractivity contribution in [3.63, 3.8) is 0 Å². The monoisotopic (exact) mass is 298 g/mol. The van der Waals surface area contributed by atoms with E-state index in [9.17, 15) is 4.79 Å². The van der Waals surface area contributed by atoms with Crippen LogP contribution in [0.3, 0.4) is 0 Å². The molecule has 0 heterocycles. The second kappa shape index (κ2) is 9.07. The lowest BCUT2D eigenvalue weighted by Gasteiger charge is -2.15. The zero-order chi connectivity index (χ0) is 15.7. The largest absolute Gasteiger partial charge is 0.493 e. The quantitative estimate of drug-likeness (QED) is 0.669. The molecule has 0 aliphatic carbocycles. The normalized spacial score (nSPS) is 10.2. The van der Waals surface area contributed by atoms with E-state index in [1.807, 2.05) is 0 Å². The summed E-state index contributed by atoms with van der Waals surface area (Å²) in [6, 6.07) is 2.80. The van der Waals surface area contributed by atoms with Crippen molar-refractivity contribution in [1.29, 1.82) is 0 Å². The van der Waals surface area contributed by atoms with Crippen LogP contribution in [0.5, 0.6) is 17.2 Å². The molecule has 6 heteroatoms. The van der Waals surface area contributed by atoms with Gasteiger partial charge in [0, 0.05) is 6.61 Å². The molecule has 0 atom stereocenters. The molecule has 1 aromatic carbocycles. The van der Waals surface area contributed by atoms with Gasteiger partial charge in [-0.15, -0.1) is 0 Å². The van der Waals surface area contributed by atoms with Crippen LogP contribution in [0.2, 0.25) is 0 Å². The highest BCUT2D eigenvalue weighted by Gasteiger charge is 2.17. The maximum absolute atomic E-state index is 11.0. The number of hydrogen-bond donors (Lipinski definition) is 1. The lowest BCUT2D eigenvalue weighted by Crippen LogP contribution is -2.09. The Hall–Kier alpha value is -1.95. The SMILES string of the molecule is CCCCOCCOc1c(OC)cc(C(=O)O)cc1OC. The summed E-state index contributed by atoms with van der Waals surface area (Å²) in [5.41, 5.74) is 0.0789. The molecule has 0 spiro atoms. The van der Waals surface area contributed by atoms with Crippen LogP contribution in [0.1, 0.15) is 30.1 Å². The second-order valence-corrected chi connectivity index (χ2v) is 4.33. The highest BCUT2D eigenvalue weighted by Crippen LogP contribution is 2.38. The van der Waals surface area contributed by atoms with Crippen molar-refractivity contribution in [1.82, 2.24) is 0 Å². The van der Waals surface area contributed by atoms with Crippen LogP contribution >= 0.6 is 0 Å². The van der Waals surface area contributed by atoms with E-state index in [0.29, 0.717) is 37.1 Å². The Bertz CT molecular complexity index is 432. The first-order valence-electron chi connectivity index (χ1n) is 6.83. The molecular weight excluding hydrogens is 276 g/mol.